The number of allylic oxidation sites excluding steroid dienone is 8. The van der Waals surface area contributed by atoms with Crippen LogP contribution in [0.5, 0.6) is 0 Å². The molecule has 2 aliphatic heterocycles. The Hall–Kier alpha value is -3.29. The topological polar surface area (TPSA) is 113 Å². The second kappa shape index (κ2) is 11.7. The van der Waals surface area contributed by atoms with Crippen LogP contribution in [-0.4, -0.2) is 47.8 Å². The molecular formula is C47H58O8. The molecule has 2 spiro atoms. The minimum atomic E-state index is -0.392. The van der Waals surface area contributed by atoms with Gasteiger partial charge in [0.2, 0.25) is 0 Å². The van der Waals surface area contributed by atoms with Crippen molar-refractivity contribution in [1.82, 2.24) is 0 Å². The van der Waals surface area contributed by atoms with Gasteiger partial charge in [-0.25, -0.2) is 0 Å². The normalized spacial score (nSPS) is 49.6. The van der Waals surface area contributed by atoms with Crippen LogP contribution in [0.1, 0.15) is 130 Å². The summed E-state index contributed by atoms with van der Waals surface area (Å²) in [6.07, 6.45) is 22.4. The van der Waals surface area contributed by atoms with Crippen molar-refractivity contribution in [3.05, 3.63) is 46.6 Å². The van der Waals surface area contributed by atoms with Crippen molar-refractivity contribution in [1.29, 1.82) is 0 Å². The summed E-state index contributed by atoms with van der Waals surface area (Å²) in [5.41, 5.74) is 4.81. The van der Waals surface area contributed by atoms with Crippen LogP contribution in [-0.2, 0) is 38.2 Å². The lowest BCUT2D eigenvalue weighted by Gasteiger charge is -2.56. The van der Waals surface area contributed by atoms with E-state index in [-0.39, 0.29) is 68.7 Å². The number of esters is 3. The van der Waals surface area contributed by atoms with Gasteiger partial charge in [0.15, 0.2) is 11.6 Å². The van der Waals surface area contributed by atoms with Crippen molar-refractivity contribution in [2.24, 2.45) is 63.1 Å². The Morgan fingerprint density at radius 2 is 1.22 bits per heavy atom. The van der Waals surface area contributed by atoms with Crippen molar-refractivity contribution in [2.45, 2.75) is 142 Å². The Morgan fingerprint density at radius 1 is 0.673 bits per heavy atom. The molecular weight excluding hydrogens is 693 g/mol. The summed E-state index contributed by atoms with van der Waals surface area (Å²) in [6.45, 7) is 9.33. The number of methoxy groups -OCH3 is 1. The number of ether oxygens (including phenoxy) is 3. The quantitative estimate of drug-likeness (QED) is 0.150. The molecule has 11 aliphatic rings. The summed E-state index contributed by atoms with van der Waals surface area (Å²) in [6, 6.07) is 0. The highest BCUT2D eigenvalue weighted by molar-refractivity contribution is 5.93. The highest BCUT2D eigenvalue weighted by Gasteiger charge is 2.70. The van der Waals surface area contributed by atoms with Gasteiger partial charge < -0.3 is 14.2 Å². The maximum Gasteiger partial charge on any atom is 0.309 e. The van der Waals surface area contributed by atoms with Crippen molar-refractivity contribution in [2.75, 3.05) is 7.11 Å². The number of carbonyl (C=O) groups excluding carboxylic acids is 5. The molecule has 0 amide bonds. The van der Waals surface area contributed by atoms with E-state index in [0.29, 0.717) is 55.6 Å². The lowest BCUT2D eigenvalue weighted by atomic mass is 9.48. The highest BCUT2D eigenvalue weighted by atomic mass is 16.6. The molecule has 0 radical (unpaired) electrons. The molecule has 55 heavy (non-hydrogen) atoms. The molecule has 13 atom stereocenters. The predicted octanol–water partition coefficient (Wildman–Crippen LogP) is 8.28. The maximum atomic E-state index is 12.9. The predicted molar refractivity (Wildman–Crippen MR) is 203 cm³/mol. The van der Waals surface area contributed by atoms with E-state index in [4.69, 9.17) is 14.2 Å². The zero-order chi connectivity index (χ0) is 38.5. The van der Waals surface area contributed by atoms with Crippen LogP contribution >= 0.6 is 0 Å². The second-order valence-corrected chi connectivity index (χ2v) is 20.5. The van der Waals surface area contributed by atoms with E-state index in [0.717, 1.165) is 69.3 Å². The van der Waals surface area contributed by atoms with Crippen LogP contribution < -0.4 is 0 Å². The van der Waals surface area contributed by atoms with E-state index >= 15 is 0 Å². The lowest BCUT2D eigenvalue weighted by Crippen LogP contribution is -2.53. The van der Waals surface area contributed by atoms with E-state index in [2.05, 4.69) is 39.8 Å². The van der Waals surface area contributed by atoms with Gasteiger partial charge in [0, 0.05) is 47.3 Å². The summed E-state index contributed by atoms with van der Waals surface area (Å²) < 4.78 is 17.3. The van der Waals surface area contributed by atoms with E-state index in [1.807, 2.05) is 6.08 Å². The van der Waals surface area contributed by atoms with E-state index < -0.39 is 5.60 Å². The summed E-state index contributed by atoms with van der Waals surface area (Å²) in [5.74, 6) is 2.99. The maximum absolute atomic E-state index is 12.9. The molecule has 0 N–H and O–H groups in total. The Labute approximate surface area is 325 Å². The van der Waals surface area contributed by atoms with Gasteiger partial charge >= 0.3 is 17.9 Å². The second-order valence-electron chi connectivity index (χ2n) is 20.5. The average Bonchev–Trinajstić information content (AvgIpc) is 3.38. The summed E-state index contributed by atoms with van der Waals surface area (Å²) in [4.78, 5) is 61.1. The molecule has 8 nitrogen and oxygen atoms in total. The van der Waals surface area contributed by atoms with Gasteiger partial charge in [-0.15, -0.1) is 0 Å². The molecule has 0 aromatic rings. The molecule has 0 aromatic carbocycles. The molecule has 11 rings (SSSR count). The first kappa shape index (κ1) is 36.1. The van der Waals surface area contributed by atoms with Crippen LogP contribution in [0.15, 0.2) is 46.6 Å². The van der Waals surface area contributed by atoms with Gasteiger partial charge in [0.1, 0.15) is 11.2 Å². The molecule has 9 aliphatic carbocycles. The van der Waals surface area contributed by atoms with Crippen LogP contribution in [0.25, 0.3) is 0 Å². The number of fused-ring (bicyclic) bond motifs is 15. The molecule has 2 saturated heterocycles. The van der Waals surface area contributed by atoms with Gasteiger partial charge in [0.05, 0.1) is 13.0 Å². The van der Waals surface area contributed by atoms with E-state index in [9.17, 15) is 24.0 Å². The summed E-state index contributed by atoms with van der Waals surface area (Å²) in [5, 5.41) is 0. The fraction of sp³-hybridized carbons (Fsp3) is 0.723. The number of carbonyl (C=O) groups is 5. The number of hydrogen-bond donors (Lipinski definition) is 0. The number of hydrogen-bond acceptors (Lipinski definition) is 8. The fourth-order valence-corrected chi connectivity index (χ4v) is 15.5. The SMILES string of the molecule is CC12CCC(=O)C=C1C1CC1C1C2=CCC2(C)C1CC[C@@]21CCC(=O)O1.COC(=O)[C@@H]1CC2=CC(=O)CCC2(C)C2=CCC3(C)C(CC[C@@]34CCC(=O)O4)C21. The minimum absolute atomic E-state index is 0.0116. The van der Waals surface area contributed by atoms with Gasteiger partial charge in [-0.05, 0) is 125 Å². The average molecular weight is 751 g/mol. The van der Waals surface area contributed by atoms with Crippen LogP contribution in [0.3, 0.4) is 0 Å². The first-order chi connectivity index (χ1) is 26.1. The smallest absolute Gasteiger partial charge is 0.309 e. The minimum Gasteiger partial charge on any atom is -0.469 e. The molecule has 0 aromatic heterocycles. The Kier molecular flexibility index (Phi) is 7.64. The van der Waals surface area contributed by atoms with Crippen LogP contribution in [0.2, 0.25) is 0 Å². The molecule has 294 valence electrons. The zero-order valence-electron chi connectivity index (χ0n) is 33.4. The molecule has 0 bridgehead atoms. The molecule has 5 saturated carbocycles. The molecule has 10 unspecified atom stereocenters. The van der Waals surface area contributed by atoms with Gasteiger partial charge in [0.25, 0.3) is 0 Å². The first-order valence-electron chi connectivity index (χ1n) is 21.5. The van der Waals surface area contributed by atoms with Crippen molar-refractivity contribution in [3.8, 4) is 0 Å². The fourth-order valence-electron chi connectivity index (χ4n) is 15.5. The Balaban J connectivity index is 0.000000136. The third-order valence-corrected chi connectivity index (χ3v) is 18.7. The summed E-state index contributed by atoms with van der Waals surface area (Å²) >= 11 is 0. The third-order valence-electron chi connectivity index (χ3n) is 18.7. The van der Waals surface area contributed by atoms with E-state index in [1.54, 1.807) is 11.6 Å². The van der Waals surface area contributed by atoms with E-state index in [1.165, 1.54) is 31.1 Å². The van der Waals surface area contributed by atoms with Gasteiger partial charge in [-0.2, -0.15) is 0 Å². The monoisotopic (exact) mass is 750 g/mol. The van der Waals surface area contributed by atoms with Crippen molar-refractivity contribution < 1.29 is 38.2 Å². The number of rotatable bonds is 1. The van der Waals surface area contributed by atoms with Crippen molar-refractivity contribution in [3.63, 3.8) is 0 Å². The largest absolute Gasteiger partial charge is 0.469 e. The van der Waals surface area contributed by atoms with Gasteiger partial charge in [-0.1, -0.05) is 62.1 Å². The summed E-state index contributed by atoms with van der Waals surface area (Å²) in [7, 11) is 1.46. The lowest BCUT2D eigenvalue weighted by molar-refractivity contribution is -0.163. The van der Waals surface area contributed by atoms with Crippen LogP contribution in [0, 0.1) is 63.1 Å². The highest BCUT2D eigenvalue weighted by Crippen LogP contribution is 2.75. The molecule has 2 heterocycles. The van der Waals surface area contributed by atoms with Crippen LogP contribution in [0.4, 0.5) is 0 Å². The Morgan fingerprint density at radius 3 is 1.78 bits per heavy atom. The van der Waals surface area contributed by atoms with Gasteiger partial charge in [-0.3, -0.25) is 24.0 Å². The zero-order valence-corrected chi connectivity index (χ0v) is 33.4. The van der Waals surface area contributed by atoms with Crippen molar-refractivity contribution >= 4 is 29.5 Å². The standard InChI is InChI=1S/C24H30O5.C23H28O3/c1-22-8-4-15(25)12-14(22)13-16(21(27)28-3)20-17(22)5-9-23(2)18(20)6-10-24(23)11-7-19(26)29-24;1-21-7-3-13(24)11-18(21)14-12-15(14)20-16(21)4-8-22(2)17(20)5-9-23(22)10-6-19(25)26-23/h5,12,16,18,20H,4,6-11,13H2,1-3H3;4,11,14-15,17,20H,3,5-10,12H2,1-2H3/t16-,18?,20?,22?,23?,24-;14?,15?,17?,20?,21?,22?,23-/m11/s1. The Bertz CT molecular complexity index is 1950. The number of ketones is 2. The third kappa shape index (κ3) is 4.66. The molecule has 8 heteroatoms. The molecule has 7 fully saturated rings. The first-order valence-corrected chi connectivity index (χ1v) is 21.5.